The smallest absolute Gasteiger partial charge is 0.326 e. The number of unbranched alkanes of at least 4 members (excludes halogenated alkanes) is 1. The summed E-state index contributed by atoms with van der Waals surface area (Å²) in [6.45, 7) is 13.4. The number of aromatic hydroxyl groups is 1. The summed E-state index contributed by atoms with van der Waals surface area (Å²) in [5.74, 6) is -3.68. The van der Waals surface area contributed by atoms with Crippen LogP contribution in [-0.2, 0) is 82.5 Å². The number of nitrogens with zero attached hydrogens (tertiary/aromatic N) is 1. The highest BCUT2D eigenvalue weighted by atomic mass is 16.6. The fourth-order valence-corrected chi connectivity index (χ4v) is 6.75. The molecule has 2 rings (SSSR count). The number of aldehydes is 1. The van der Waals surface area contributed by atoms with Gasteiger partial charge in [0, 0.05) is 37.1 Å². The molecule has 0 saturated heterocycles. The number of hydrogen-bond donors (Lipinski definition) is 7. The number of benzene rings is 2. The van der Waals surface area contributed by atoms with Gasteiger partial charge in [-0.05, 0) is 55.8 Å². The molecule has 0 aromatic heterocycles. The number of amides is 5. The van der Waals surface area contributed by atoms with E-state index in [9.17, 15) is 43.8 Å². The second kappa shape index (κ2) is 50.6. The molecule has 82 heavy (non-hydrogen) atoms. The van der Waals surface area contributed by atoms with E-state index in [1.165, 1.54) is 12.1 Å². The number of hydrogen-bond acceptors (Lipinski definition) is 20. The molecule has 8 N–H and O–H groups in total. The molecule has 0 radical (unpaired) electrons. The molecule has 5 amide bonds. The predicted octanol–water partition coefficient (Wildman–Crippen LogP) is -0.565. The molecule has 0 heterocycles. The number of carbonyl (C=O) groups excluding carboxylic acids is 6. The van der Waals surface area contributed by atoms with Crippen molar-refractivity contribution in [1.82, 2.24) is 26.6 Å². The van der Waals surface area contributed by atoms with Crippen molar-refractivity contribution in [2.24, 2.45) is 4.99 Å². The molecule has 27 heteroatoms. The van der Waals surface area contributed by atoms with Gasteiger partial charge in [0.15, 0.2) is 13.2 Å². The molecule has 0 aliphatic carbocycles. The van der Waals surface area contributed by atoms with Crippen LogP contribution >= 0.6 is 0 Å². The number of aliphatic carboxylic acids is 1. The third-order valence-electron chi connectivity index (χ3n) is 11.0. The van der Waals surface area contributed by atoms with Crippen LogP contribution in [-0.4, -0.2) is 260 Å². The number of phenolic OH excluding ortho intramolecular Hbond substituents is 1. The van der Waals surface area contributed by atoms with E-state index >= 15 is 0 Å². The molecule has 0 saturated carbocycles. The van der Waals surface area contributed by atoms with Crippen LogP contribution in [0.4, 0.5) is 0 Å². The van der Waals surface area contributed by atoms with Gasteiger partial charge < -0.3 is 93.6 Å². The van der Waals surface area contributed by atoms with Crippen LogP contribution in [0.3, 0.4) is 0 Å². The Bertz CT molecular complexity index is 2020. The Morgan fingerprint density at radius 2 is 1.00 bits per heavy atom. The average Bonchev–Trinajstić information content (AvgIpc) is 3.50. The third kappa shape index (κ3) is 41.0. The minimum Gasteiger partial charge on any atom is -0.508 e. The second-order valence-electron chi connectivity index (χ2n) is 17.5. The van der Waals surface area contributed by atoms with Crippen molar-refractivity contribution < 1.29 is 101 Å². The molecule has 2 atom stereocenters. The standard InChI is InChI=1S/C55H86N6O21/c1-56-41-51(65)59-42-52(66)60-49(40-44-7-11-47(63)12-8-44)54(68)61-48(55(69)70)4-2-3-14-57-50(64)13-16-71-18-20-73-22-24-75-26-28-77-30-32-79-34-36-81-38-39-82-37-35-80-33-31-78-29-27-76-25-23-74-21-19-72-17-15-58-53(67)46-9-5-45(43-62)6-10-46/h5-12,43,48-49,63H,1-4,13-42H2,(H,57,64)(H,58,67)(H,59,65)(H,60,66)(H,61,68)(H,69,70)/p+1/t48-,49-/m0/s1. The van der Waals surface area contributed by atoms with Crippen molar-refractivity contribution in [2.45, 2.75) is 44.2 Å². The highest BCUT2D eigenvalue weighted by Gasteiger charge is 2.27. The summed E-state index contributed by atoms with van der Waals surface area (Å²) in [6, 6.07) is 9.88. The summed E-state index contributed by atoms with van der Waals surface area (Å²) < 4.78 is 64.8. The fourth-order valence-electron chi connectivity index (χ4n) is 6.75. The quantitative estimate of drug-likeness (QED) is 0.0189. The summed E-state index contributed by atoms with van der Waals surface area (Å²) in [4.78, 5) is 87.9. The van der Waals surface area contributed by atoms with Crippen LogP contribution in [0.2, 0.25) is 0 Å². The molecule has 462 valence electrons. The van der Waals surface area contributed by atoms with Gasteiger partial charge in [-0.15, -0.1) is 0 Å². The summed E-state index contributed by atoms with van der Waals surface area (Å²) in [5.41, 5.74) is 1.58. The highest BCUT2D eigenvalue weighted by Crippen LogP contribution is 2.12. The minimum atomic E-state index is -1.27. The van der Waals surface area contributed by atoms with Crippen LogP contribution in [0.1, 0.15) is 52.0 Å². The zero-order valence-corrected chi connectivity index (χ0v) is 47.0. The largest absolute Gasteiger partial charge is 0.508 e. The Balaban J connectivity index is 1.27. The first-order valence-electron chi connectivity index (χ1n) is 27.4. The molecule has 27 nitrogen and oxygen atoms in total. The maximum atomic E-state index is 13.2. The van der Waals surface area contributed by atoms with E-state index in [0.717, 1.165) is 6.29 Å². The topological polar surface area (TPSA) is 347 Å². The number of carboxylic acids is 1. The number of phenols is 1. The van der Waals surface area contributed by atoms with Crippen molar-refractivity contribution >= 4 is 48.5 Å². The molecule has 0 aliphatic heterocycles. The van der Waals surface area contributed by atoms with Crippen LogP contribution in [0.25, 0.3) is 0 Å². The van der Waals surface area contributed by atoms with E-state index in [-0.39, 0.29) is 50.0 Å². The van der Waals surface area contributed by atoms with Crippen LogP contribution in [0.15, 0.2) is 53.5 Å². The Hall–Kier alpha value is -6.08. The molecule has 0 bridgehead atoms. The molecule has 0 fully saturated rings. The summed E-state index contributed by atoms with van der Waals surface area (Å²) >= 11 is 0. The van der Waals surface area contributed by atoms with Crippen molar-refractivity contribution in [2.75, 3.05) is 185 Å². The normalized spacial score (nSPS) is 11.8. The van der Waals surface area contributed by atoms with E-state index in [1.54, 1.807) is 36.4 Å². The lowest BCUT2D eigenvalue weighted by Crippen LogP contribution is -2.54. The molecule has 0 unspecified atom stereocenters. The summed E-state index contributed by atoms with van der Waals surface area (Å²) in [6.07, 6.45) is 1.73. The number of ether oxygens (including phenoxy) is 12. The summed E-state index contributed by atoms with van der Waals surface area (Å²) in [5, 5.41) is 32.3. The molecule has 2 aromatic rings. The first kappa shape index (κ1) is 72.0. The Morgan fingerprint density at radius 1 is 0.524 bits per heavy atom. The first-order valence-corrected chi connectivity index (χ1v) is 27.4. The minimum absolute atomic E-state index is 0.00405. The molecule has 0 aliphatic rings. The zero-order valence-electron chi connectivity index (χ0n) is 47.0. The Morgan fingerprint density at radius 3 is 1.48 bits per heavy atom. The van der Waals surface area contributed by atoms with Crippen molar-refractivity contribution in [3.8, 4) is 5.75 Å². The van der Waals surface area contributed by atoms with Crippen LogP contribution in [0.5, 0.6) is 5.75 Å². The fraction of sp³-hybridized carbons (Fsp3) is 0.636. The number of rotatable bonds is 56. The van der Waals surface area contributed by atoms with Crippen LogP contribution < -0.4 is 26.6 Å². The van der Waals surface area contributed by atoms with Gasteiger partial charge in [0.1, 0.15) is 43.9 Å². The van der Waals surface area contributed by atoms with E-state index in [0.29, 0.717) is 195 Å². The Labute approximate surface area is 479 Å². The zero-order chi connectivity index (χ0) is 59.4. The van der Waals surface area contributed by atoms with Gasteiger partial charge in [-0.2, -0.15) is 0 Å². The van der Waals surface area contributed by atoms with E-state index in [4.69, 9.17) is 52.1 Å². The lowest BCUT2D eigenvalue weighted by Gasteiger charge is -2.22. The Kier molecular flexibility index (Phi) is 44.5. The van der Waals surface area contributed by atoms with Gasteiger partial charge in [0.2, 0.25) is 23.6 Å². The van der Waals surface area contributed by atoms with Gasteiger partial charge >= 0.3 is 5.97 Å². The summed E-state index contributed by atoms with van der Waals surface area (Å²) in [7, 11) is 0. The lowest BCUT2D eigenvalue weighted by molar-refractivity contribution is -0.142. The molecule has 2 aromatic carbocycles. The van der Waals surface area contributed by atoms with Gasteiger partial charge in [-0.3, -0.25) is 33.8 Å². The second-order valence-corrected chi connectivity index (χ2v) is 17.5. The maximum absolute atomic E-state index is 13.2. The highest BCUT2D eigenvalue weighted by molar-refractivity contribution is 5.95. The SMILES string of the molecule is C=NCC(=O)NCC(=O)N[C@@H](Cc1ccc(O)cc1)C(=O)N[C@@H](CCCCNC(=O)CCOCC[OH+]CCOCCOCCOCCOCCOCCOCCOCCOCCOCCOCCNC(=O)c1ccc(C=O)cc1)C(=O)O. The van der Waals surface area contributed by atoms with E-state index in [2.05, 4.69) is 43.0 Å². The van der Waals surface area contributed by atoms with Crippen LogP contribution in [0, 0.1) is 0 Å². The third-order valence-corrected chi connectivity index (χ3v) is 11.0. The van der Waals surface area contributed by atoms with Gasteiger partial charge in [0.05, 0.1) is 139 Å². The van der Waals surface area contributed by atoms with Gasteiger partial charge in [-0.1, -0.05) is 24.3 Å². The number of aliphatic hydroxyl groups is 2. The van der Waals surface area contributed by atoms with Crippen molar-refractivity contribution in [3.63, 3.8) is 0 Å². The molecule has 0 spiro atoms. The first-order chi connectivity index (χ1) is 40.0. The number of carboxylic acid groups (broad SMARTS) is 1. The molecular weight excluding hydrogens is 1080 g/mol. The van der Waals surface area contributed by atoms with E-state index in [1.807, 2.05) is 0 Å². The van der Waals surface area contributed by atoms with Crippen molar-refractivity contribution in [1.29, 1.82) is 0 Å². The number of carbonyl (C=O) groups is 7. The van der Waals surface area contributed by atoms with Crippen molar-refractivity contribution in [3.05, 3.63) is 65.2 Å². The maximum Gasteiger partial charge on any atom is 0.326 e. The monoisotopic (exact) mass is 1170 g/mol. The van der Waals surface area contributed by atoms with Gasteiger partial charge in [0.25, 0.3) is 5.91 Å². The number of nitrogens with one attached hydrogen (secondary N) is 5. The van der Waals surface area contributed by atoms with E-state index < -0.39 is 42.3 Å². The average molecular weight is 1170 g/mol. The van der Waals surface area contributed by atoms with Gasteiger partial charge in [-0.25, -0.2) is 4.79 Å². The predicted molar refractivity (Wildman–Crippen MR) is 297 cm³/mol. The number of aliphatic imine (C=N–C) groups is 1. The lowest BCUT2D eigenvalue weighted by atomic mass is 10.0. The molecular formula is C55H87N6O21+.